The lowest BCUT2D eigenvalue weighted by Gasteiger charge is -2.42. The molecule has 2 aromatic rings. The van der Waals surface area contributed by atoms with E-state index in [1.165, 1.54) is 23.1 Å². The first-order chi connectivity index (χ1) is 11.9. The number of nitrogens with zero attached hydrogens (tertiary/aromatic N) is 4. The van der Waals surface area contributed by atoms with Crippen LogP contribution in [0.4, 0.5) is 4.39 Å². The van der Waals surface area contributed by atoms with Crippen molar-refractivity contribution >= 4 is 5.91 Å². The van der Waals surface area contributed by atoms with Crippen LogP contribution in [0.5, 0.6) is 0 Å². The van der Waals surface area contributed by atoms with Gasteiger partial charge in [-0.3, -0.25) is 4.79 Å². The maximum absolute atomic E-state index is 13.0. The molecule has 134 valence electrons. The summed E-state index contributed by atoms with van der Waals surface area (Å²) in [6.45, 7) is 5.17. The second kappa shape index (κ2) is 6.89. The Kier molecular flexibility index (Phi) is 4.82. The van der Waals surface area contributed by atoms with E-state index in [-0.39, 0.29) is 23.5 Å². The van der Waals surface area contributed by atoms with E-state index in [0.717, 1.165) is 0 Å². The largest absolute Gasteiger partial charge is 0.382 e. The second-order valence-electron chi connectivity index (χ2n) is 6.64. The third kappa shape index (κ3) is 4.02. The Morgan fingerprint density at radius 3 is 2.80 bits per heavy atom. The summed E-state index contributed by atoms with van der Waals surface area (Å²) in [6.07, 6.45) is 1.23. The van der Waals surface area contributed by atoms with Gasteiger partial charge in [-0.15, -0.1) is 5.10 Å². The zero-order valence-electron chi connectivity index (χ0n) is 14.5. The van der Waals surface area contributed by atoms with E-state index in [1.807, 2.05) is 13.8 Å². The van der Waals surface area contributed by atoms with E-state index in [9.17, 15) is 9.18 Å². The van der Waals surface area contributed by atoms with E-state index < -0.39 is 5.60 Å². The predicted octanol–water partition coefficient (Wildman–Crippen LogP) is 1.67. The molecule has 0 saturated carbocycles. The Balaban J connectivity index is 1.77. The van der Waals surface area contributed by atoms with Crippen molar-refractivity contribution in [3.63, 3.8) is 0 Å². The van der Waals surface area contributed by atoms with E-state index in [4.69, 9.17) is 9.47 Å². The summed E-state index contributed by atoms with van der Waals surface area (Å²) < 4.78 is 24.1. The molecule has 1 aromatic heterocycles. The molecule has 0 aliphatic carbocycles. The maximum atomic E-state index is 13.0. The monoisotopic (exact) mass is 348 g/mol. The van der Waals surface area contributed by atoms with Gasteiger partial charge in [-0.05, 0) is 38.1 Å². The average molecular weight is 348 g/mol. The van der Waals surface area contributed by atoms with Crippen molar-refractivity contribution in [1.29, 1.82) is 0 Å². The van der Waals surface area contributed by atoms with Crippen molar-refractivity contribution in [1.82, 2.24) is 19.9 Å². The number of amides is 1. The number of hydrogen-bond acceptors (Lipinski definition) is 5. The summed E-state index contributed by atoms with van der Waals surface area (Å²) in [7, 11) is 1.60. The Bertz CT molecular complexity index is 745. The molecule has 1 aliphatic heterocycles. The molecule has 7 nitrogen and oxygen atoms in total. The normalized spacial score (nSPS) is 19.8. The first kappa shape index (κ1) is 17.5. The van der Waals surface area contributed by atoms with Crippen LogP contribution in [-0.4, -0.2) is 64.3 Å². The van der Waals surface area contributed by atoms with Gasteiger partial charge >= 0.3 is 0 Å². The summed E-state index contributed by atoms with van der Waals surface area (Å²) >= 11 is 0. The van der Waals surface area contributed by atoms with Crippen LogP contribution in [0.25, 0.3) is 5.69 Å². The van der Waals surface area contributed by atoms with Gasteiger partial charge in [0.2, 0.25) is 0 Å². The minimum Gasteiger partial charge on any atom is -0.382 e. The summed E-state index contributed by atoms with van der Waals surface area (Å²) in [5, 5.41) is 8.33. The van der Waals surface area contributed by atoms with Crippen LogP contribution in [-0.2, 0) is 9.47 Å². The third-order valence-corrected chi connectivity index (χ3v) is 3.89. The number of morpholine rings is 1. The lowest BCUT2D eigenvalue weighted by Crippen LogP contribution is -2.55. The zero-order chi connectivity index (χ0) is 18.0. The van der Waals surface area contributed by atoms with Crippen LogP contribution >= 0.6 is 0 Å². The van der Waals surface area contributed by atoms with Crippen molar-refractivity contribution in [2.45, 2.75) is 25.6 Å². The first-order valence-electron chi connectivity index (χ1n) is 8.02. The van der Waals surface area contributed by atoms with Crippen molar-refractivity contribution in [3.8, 4) is 5.69 Å². The topological polar surface area (TPSA) is 69.5 Å². The highest BCUT2D eigenvalue weighted by atomic mass is 19.1. The van der Waals surface area contributed by atoms with Gasteiger partial charge in [0.25, 0.3) is 5.91 Å². The van der Waals surface area contributed by atoms with Gasteiger partial charge in [0.05, 0.1) is 30.2 Å². The fraction of sp³-hybridized carbons (Fsp3) is 0.471. The van der Waals surface area contributed by atoms with Gasteiger partial charge in [-0.25, -0.2) is 4.39 Å². The highest BCUT2D eigenvalue weighted by Crippen LogP contribution is 2.22. The molecule has 1 aromatic carbocycles. The molecule has 0 N–H and O–H groups in total. The molecular formula is C17H21FN4O3. The smallest absolute Gasteiger partial charge is 0.276 e. The number of hydrogen-bond donors (Lipinski definition) is 0. The predicted molar refractivity (Wildman–Crippen MR) is 88.0 cm³/mol. The van der Waals surface area contributed by atoms with Gasteiger partial charge in [0.1, 0.15) is 5.82 Å². The molecule has 0 bridgehead atoms. The quantitative estimate of drug-likeness (QED) is 0.841. The molecule has 1 aliphatic rings. The third-order valence-electron chi connectivity index (χ3n) is 3.89. The van der Waals surface area contributed by atoms with E-state index in [2.05, 4.69) is 10.2 Å². The SMILES string of the molecule is COC[C@H]1CN(C(=O)c2cnn(-c3ccc(F)cc3)n2)CC(C)(C)O1. The highest BCUT2D eigenvalue weighted by molar-refractivity contribution is 5.92. The number of halogens is 1. The molecule has 0 unspecified atom stereocenters. The molecule has 1 amide bonds. The second-order valence-corrected chi connectivity index (χ2v) is 6.64. The number of aromatic nitrogens is 3. The van der Waals surface area contributed by atoms with Crippen LogP contribution in [0.3, 0.4) is 0 Å². The number of rotatable bonds is 4. The van der Waals surface area contributed by atoms with Gasteiger partial charge in [0.15, 0.2) is 5.69 Å². The lowest BCUT2D eigenvalue weighted by molar-refractivity contribution is -0.143. The first-order valence-corrected chi connectivity index (χ1v) is 8.02. The van der Waals surface area contributed by atoms with Crippen molar-refractivity contribution < 1.29 is 18.7 Å². The highest BCUT2D eigenvalue weighted by Gasteiger charge is 2.36. The van der Waals surface area contributed by atoms with Gasteiger partial charge < -0.3 is 14.4 Å². The molecule has 1 fully saturated rings. The Morgan fingerprint density at radius 1 is 1.40 bits per heavy atom. The fourth-order valence-electron chi connectivity index (χ4n) is 2.94. The fourth-order valence-corrected chi connectivity index (χ4v) is 2.94. The Hall–Kier alpha value is -2.32. The summed E-state index contributed by atoms with van der Waals surface area (Å²) in [4.78, 5) is 15.8. The average Bonchev–Trinajstić information content (AvgIpc) is 3.03. The van der Waals surface area contributed by atoms with E-state index in [1.54, 1.807) is 24.1 Å². The number of carbonyl (C=O) groups excluding carboxylic acids is 1. The molecule has 1 saturated heterocycles. The lowest BCUT2D eigenvalue weighted by atomic mass is 10.0. The van der Waals surface area contributed by atoms with Crippen LogP contribution < -0.4 is 0 Å². The minimum absolute atomic E-state index is 0.190. The summed E-state index contributed by atoms with van der Waals surface area (Å²) in [6, 6.07) is 5.74. The van der Waals surface area contributed by atoms with Gasteiger partial charge in [0, 0.05) is 20.2 Å². The number of benzene rings is 1. The Morgan fingerprint density at radius 2 is 2.12 bits per heavy atom. The number of methoxy groups -OCH3 is 1. The molecule has 1 atom stereocenters. The molecule has 8 heteroatoms. The minimum atomic E-state index is -0.468. The molecule has 3 rings (SSSR count). The van der Waals surface area contributed by atoms with Crippen molar-refractivity contribution in [2.24, 2.45) is 0 Å². The molecule has 0 radical (unpaired) electrons. The van der Waals surface area contributed by atoms with Crippen molar-refractivity contribution in [2.75, 3.05) is 26.8 Å². The van der Waals surface area contributed by atoms with E-state index >= 15 is 0 Å². The molecular weight excluding hydrogens is 327 g/mol. The van der Waals surface area contributed by atoms with Crippen LogP contribution in [0, 0.1) is 5.82 Å². The maximum Gasteiger partial charge on any atom is 0.276 e. The molecule has 0 spiro atoms. The number of carbonyl (C=O) groups is 1. The zero-order valence-corrected chi connectivity index (χ0v) is 14.5. The summed E-state index contributed by atoms with van der Waals surface area (Å²) in [5.74, 6) is -0.558. The Labute approximate surface area is 145 Å². The standard InChI is InChI=1S/C17H21FN4O3/c1-17(2)11-21(9-14(25-17)10-24-3)16(23)15-8-19-22(20-15)13-6-4-12(18)5-7-13/h4-8,14H,9-11H2,1-3H3/t14-/m1/s1. The van der Waals surface area contributed by atoms with Crippen LogP contribution in [0.15, 0.2) is 30.5 Å². The van der Waals surface area contributed by atoms with Gasteiger partial charge in [-0.2, -0.15) is 9.90 Å². The van der Waals surface area contributed by atoms with Gasteiger partial charge in [-0.1, -0.05) is 0 Å². The number of ether oxygens (including phenoxy) is 2. The molecule has 25 heavy (non-hydrogen) atoms. The van der Waals surface area contributed by atoms with Crippen LogP contribution in [0.1, 0.15) is 24.3 Å². The summed E-state index contributed by atoms with van der Waals surface area (Å²) in [5.41, 5.74) is 0.350. The van der Waals surface area contributed by atoms with Crippen LogP contribution in [0.2, 0.25) is 0 Å². The van der Waals surface area contributed by atoms with E-state index in [0.29, 0.717) is 25.4 Å². The van der Waals surface area contributed by atoms with Crippen molar-refractivity contribution in [3.05, 3.63) is 42.0 Å². The molecule has 2 heterocycles.